The third kappa shape index (κ3) is 5.14. The average Bonchev–Trinajstić information content (AvgIpc) is 2.62. The summed E-state index contributed by atoms with van der Waals surface area (Å²) >= 11 is 0. The molecule has 0 bridgehead atoms. The van der Waals surface area contributed by atoms with Gasteiger partial charge in [-0.3, -0.25) is 4.79 Å². The summed E-state index contributed by atoms with van der Waals surface area (Å²) in [5.41, 5.74) is 5.80. The van der Waals surface area contributed by atoms with Crippen molar-refractivity contribution in [3.63, 3.8) is 0 Å². The Morgan fingerprint density at radius 1 is 1.53 bits per heavy atom. The minimum absolute atomic E-state index is 0.0870. The van der Waals surface area contributed by atoms with Crippen molar-refractivity contribution in [2.45, 2.75) is 38.6 Å². The second-order valence-electron chi connectivity index (χ2n) is 4.19. The molecule has 15 heavy (non-hydrogen) atoms. The number of hydrogen-bond donors (Lipinski definition) is 2. The third-order valence-corrected chi connectivity index (χ3v) is 2.85. The quantitative estimate of drug-likeness (QED) is 0.638. The van der Waals surface area contributed by atoms with Gasteiger partial charge in [-0.25, -0.2) is 0 Å². The lowest BCUT2D eigenvalue weighted by Gasteiger charge is -2.10. The van der Waals surface area contributed by atoms with Crippen molar-refractivity contribution >= 4 is 5.91 Å². The highest BCUT2D eigenvalue weighted by atomic mass is 16.5. The molecular weight excluding hydrogens is 192 g/mol. The summed E-state index contributed by atoms with van der Waals surface area (Å²) in [4.78, 5) is 11.3. The number of carbonyl (C=O) groups excluding carboxylic acids is 1. The first-order valence-electron chi connectivity index (χ1n) is 5.82. The van der Waals surface area contributed by atoms with E-state index in [-0.39, 0.29) is 5.91 Å². The summed E-state index contributed by atoms with van der Waals surface area (Å²) in [6.45, 7) is 3.90. The van der Waals surface area contributed by atoms with Crippen LogP contribution in [0.5, 0.6) is 0 Å². The first kappa shape index (κ1) is 12.5. The van der Waals surface area contributed by atoms with Crippen molar-refractivity contribution in [2.75, 3.05) is 19.8 Å². The van der Waals surface area contributed by atoms with Crippen LogP contribution in [-0.4, -0.2) is 31.7 Å². The monoisotopic (exact) mass is 214 g/mol. The number of carbonyl (C=O) groups is 1. The van der Waals surface area contributed by atoms with Crippen LogP contribution < -0.4 is 11.1 Å². The largest absolute Gasteiger partial charge is 0.381 e. The molecular formula is C11H22N2O2. The van der Waals surface area contributed by atoms with E-state index >= 15 is 0 Å². The lowest BCUT2D eigenvalue weighted by atomic mass is 10.1. The van der Waals surface area contributed by atoms with Crippen molar-refractivity contribution in [1.82, 2.24) is 5.32 Å². The van der Waals surface area contributed by atoms with Gasteiger partial charge in [-0.1, -0.05) is 0 Å². The van der Waals surface area contributed by atoms with E-state index in [9.17, 15) is 4.79 Å². The van der Waals surface area contributed by atoms with Gasteiger partial charge >= 0.3 is 0 Å². The van der Waals surface area contributed by atoms with Gasteiger partial charge in [0.2, 0.25) is 5.91 Å². The van der Waals surface area contributed by atoms with Crippen LogP contribution in [0.25, 0.3) is 0 Å². The molecule has 1 saturated carbocycles. The van der Waals surface area contributed by atoms with Crippen LogP contribution in [0.2, 0.25) is 0 Å². The smallest absolute Gasteiger partial charge is 0.222 e. The Hall–Kier alpha value is -0.610. The lowest BCUT2D eigenvalue weighted by Crippen LogP contribution is -2.29. The van der Waals surface area contributed by atoms with Crippen LogP contribution in [0.1, 0.15) is 32.6 Å². The summed E-state index contributed by atoms with van der Waals surface area (Å²) in [6.07, 6.45) is 3.75. The van der Waals surface area contributed by atoms with E-state index in [1.54, 1.807) is 0 Å². The lowest BCUT2D eigenvalue weighted by molar-refractivity contribution is -0.122. The standard InChI is InChI=1S/C11H22N2O2/c1-2-15-6-5-11(14)13-8-9-3-4-10(12)7-9/h9-10H,2-8,12H2,1H3,(H,13,14). The Labute approximate surface area is 91.5 Å². The van der Waals surface area contributed by atoms with Gasteiger partial charge in [0, 0.05) is 25.6 Å². The minimum Gasteiger partial charge on any atom is -0.381 e. The molecule has 0 aliphatic heterocycles. The number of rotatable bonds is 6. The second-order valence-corrected chi connectivity index (χ2v) is 4.19. The fourth-order valence-electron chi connectivity index (χ4n) is 1.95. The van der Waals surface area contributed by atoms with Gasteiger partial charge in [-0.15, -0.1) is 0 Å². The number of nitrogens with two attached hydrogens (primary N) is 1. The topological polar surface area (TPSA) is 64.3 Å². The number of nitrogens with one attached hydrogen (secondary N) is 1. The van der Waals surface area contributed by atoms with Crippen LogP contribution in [-0.2, 0) is 9.53 Å². The molecule has 1 aliphatic rings. The van der Waals surface area contributed by atoms with Crippen molar-refractivity contribution in [3.8, 4) is 0 Å². The first-order valence-corrected chi connectivity index (χ1v) is 5.82. The molecule has 1 fully saturated rings. The van der Waals surface area contributed by atoms with E-state index in [1.807, 2.05) is 6.92 Å². The predicted octanol–water partition coefficient (Wildman–Crippen LogP) is 0.657. The van der Waals surface area contributed by atoms with E-state index in [2.05, 4.69) is 5.32 Å². The van der Waals surface area contributed by atoms with E-state index in [4.69, 9.17) is 10.5 Å². The predicted molar refractivity (Wildman–Crippen MR) is 59.4 cm³/mol. The maximum absolute atomic E-state index is 11.3. The number of hydrogen-bond acceptors (Lipinski definition) is 3. The molecule has 0 radical (unpaired) electrons. The van der Waals surface area contributed by atoms with E-state index in [0.29, 0.717) is 31.6 Å². The molecule has 3 N–H and O–H groups in total. The normalized spacial score (nSPS) is 25.5. The summed E-state index contributed by atoms with van der Waals surface area (Å²) < 4.78 is 5.11. The Balaban J connectivity index is 2.01. The van der Waals surface area contributed by atoms with Crippen molar-refractivity contribution in [3.05, 3.63) is 0 Å². The molecule has 4 heteroatoms. The number of ether oxygens (including phenoxy) is 1. The third-order valence-electron chi connectivity index (χ3n) is 2.85. The minimum atomic E-state index is 0.0870. The van der Waals surface area contributed by atoms with Crippen LogP contribution in [0.4, 0.5) is 0 Å². The molecule has 1 amide bonds. The maximum Gasteiger partial charge on any atom is 0.222 e. The first-order chi connectivity index (χ1) is 7.22. The van der Waals surface area contributed by atoms with Gasteiger partial charge in [-0.05, 0) is 32.1 Å². The fourth-order valence-corrected chi connectivity index (χ4v) is 1.95. The Kier molecular flexibility index (Phi) is 5.65. The molecule has 2 atom stereocenters. The van der Waals surface area contributed by atoms with Crippen LogP contribution in [0.3, 0.4) is 0 Å². The van der Waals surface area contributed by atoms with Crippen LogP contribution in [0.15, 0.2) is 0 Å². The molecule has 4 nitrogen and oxygen atoms in total. The Morgan fingerprint density at radius 2 is 2.33 bits per heavy atom. The summed E-state index contributed by atoms with van der Waals surface area (Å²) in [7, 11) is 0. The molecule has 0 aromatic heterocycles. The highest BCUT2D eigenvalue weighted by Gasteiger charge is 2.21. The average molecular weight is 214 g/mol. The van der Waals surface area contributed by atoms with Crippen LogP contribution in [0, 0.1) is 5.92 Å². The van der Waals surface area contributed by atoms with Gasteiger partial charge < -0.3 is 15.8 Å². The summed E-state index contributed by atoms with van der Waals surface area (Å²) in [5, 5.41) is 2.93. The number of amides is 1. The van der Waals surface area contributed by atoms with Gasteiger partial charge in [-0.2, -0.15) is 0 Å². The van der Waals surface area contributed by atoms with Crippen LogP contribution >= 0.6 is 0 Å². The zero-order chi connectivity index (χ0) is 11.1. The molecule has 0 saturated heterocycles. The highest BCUT2D eigenvalue weighted by Crippen LogP contribution is 2.22. The van der Waals surface area contributed by atoms with Gasteiger partial charge in [0.15, 0.2) is 0 Å². The molecule has 88 valence electrons. The SMILES string of the molecule is CCOCCC(=O)NCC1CCC(N)C1. The maximum atomic E-state index is 11.3. The highest BCUT2D eigenvalue weighted by molar-refractivity contribution is 5.75. The van der Waals surface area contributed by atoms with Crippen molar-refractivity contribution in [1.29, 1.82) is 0 Å². The van der Waals surface area contributed by atoms with Gasteiger partial charge in [0.05, 0.1) is 6.61 Å². The molecule has 0 heterocycles. The molecule has 1 rings (SSSR count). The van der Waals surface area contributed by atoms with Gasteiger partial charge in [0.25, 0.3) is 0 Å². The van der Waals surface area contributed by atoms with E-state index in [1.165, 1.54) is 0 Å². The molecule has 2 unspecified atom stereocenters. The second kappa shape index (κ2) is 6.80. The van der Waals surface area contributed by atoms with Crippen molar-refractivity contribution in [2.24, 2.45) is 11.7 Å². The molecule has 0 aromatic rings. The van der Waals surface area contributed by atoms with Gasteiger partial charge in [0.1, 0.15) is 0 Å². The molecule has 1 aliphatic carbocycles. The van der Waals surface area contributed by atoms with E-state index < -0.39 is 0 Å². The Bertz CT molecular complexity index is 197. The zero-order valence-corrected chi connectivity index (χ0v) is 9.50. The Morgan fingerprint density at radius 3 is 2.93 bits per heavy atom. The summed E-state index contributed by atoms with van der Waals surface area (Å²) in [5.74, 6) is 0.667. The zero-order valence-electron chi connectivity index (χ0n) is 9.50. The fraction of sp³-hybridized carbons (Fsp3) is 0.909. The van der Waals surface area contributed by atoms with Crippen molar-refractivity contribution < 1.29 is 9.53 Å². The summed E-state index contributed by atoms with van der Waals surface area (Å²) in [6, 6.07) is 0.343. The van der Waals surface area contributed by atoms with E-state index in [0.717, 1.165) is 25.8 Å². The molecule has 0 aromatic carbocycles. The molecule has 0 spiro atoms.